The molecule has 2 N–H and O–H groups in total. The normalized spacial score (nSPS) is 18.2. The van der Waals surface area contributed by atoms with E-state index in [2.05, 4.69) is 20.5 Å². The van der Waals surface area contributed by atoms with E-state index < -0.39 is 0 Å². The van der Waals surface area contributed by atoms with E-state index in [4.69, 9.17) is 4.74 Å². The summed E-state index contributed by atoms with van der Waals surface area (Å²) in [6.07, 6.45) is 7.68. The fourth-order valence-corrected chi connectivity index (χ4v) is 3.03. The molecule has 25 heavy (non-hydrogen) atoms. The molecule has 0 atom stereocenters. The average molecular weight is 341 g/mol. The summed E-state index contributed by atoms with van der Waals surface area (Å²) in [7, 11) is 0. The van der Waals surface area contributed by atoms with E-state index in [0.717, 1.165) is 55.9 Å². The van der Waals surface area contributed by atoms with Crippen LogP contribution in [-0.4, -0.2) is 51.9 Å². The van der Waals surface area contributed by atoms with Gasteiger partial charge in [0.2, 0.25) is 0 Å². The molecule has 7 heteroatoms. The Bertz CT molecular complexity index is 689. The summed E-state index contributed by atoms with van der Waals surface area (Å²) in [4.78, 5) is 18.4. The van der Waals surface area contributed by atoms with Crippen LogP contribution in [0.1, 0.15) is 25.7 Å². The fourth-order valence-electron chi connectivity index (χ4n) is 3.03. The van der Waals surface area contributed by atoms with E-state index in [9.17, 15) is 4.79 Å². The highest BCUT2D eigenvalue weighted by Gasteiger charge is 2.28. The SMILES string of the molecule is O=C(NC1CC1)N1CCC(COc2ccc(-c3ccn[nH]3)nc2)CC1. The number of hydrogen-bond acceptors (Lipinski definition) is 4. The molecule has 2 amide bonds. The van der Waals surface area contributed by atoms with Gasteiger partial charge in [-0.3, -0.25) is 10.1 Å². The van der Waals surface area contributed by atoms with Gasteiger partial charge in [-0.15, -0.1) is 0 Å². The Morgan fingerprint density at radius 2 is 2.08 bits per heavy atom. The molecule has 132 valence electrons. The lowest BCUT2D eigenvalue weighted by Gasteiger charge is -2.31. The van der Waals surface area contributed by atoms with Gasteiger partial charge < -0.3 is 15.0 Å². The first kappa shape index (κ1) is 15.9. The van der Waals surface area contributed by atoms with Crippen molar-refractivity contribution >= 4 is 6.03 Å². The Balaban J connectivity index is 1.22. The molecule has 1 aliphatic carbocycles. The first-order valence-electron chi connectivity index (χ1n) is 8.92. The summed E-state index contributed by atoms with van der Waals surface area (Å²) < 4.78 is 5.88. The fraction of sp³-hybridized carbons (Fsp3) is 0.500. The number of ether oxygens (including phenoxy) is 1. The van der Waals surface area contributed by atoms with Crippen LogP contribution in [0.25, 0.3) is 11.4 Å². The molecule has 2 aromatic heterocycles. The van der Waals surface area contributed by atoms with Gasteiger partial charge in [-0.05, 0) is 49.8 Å². The number of nitrogens with zero attached hydrogens (tertiary/aromatic N) is 3. The number of rotatable bonds is 5. The van der Waals surface area contributed by atoms with Gasteiger partial charge in [-0.1, -0.05) is 0 Å². The van der Waals surface area contributed by atoms with Crippen LogP contribution in [-0.2, 0) is 0 Å². The highest BCUT2D eigenvalue weighted by molar-refractivity contribution is 5.74. The lowest BCUT2D eigenvalue weighted by Crippen LogP contribution is -2.45. The Morgan fingerprint density at radius 1 is 1.24 bits per heavy atom. The molecule has 0 unspecified atom stereocenters. The molecule has 1 saturated heterocycles. The van der Waals surface area contributed by atoms with Crippen LogP contribution >= 0.6 is 0 Å². The summed E-state index contributed by atoms with van der Waals surface area (Å²) in [6.45, 7) is 2.29. The molecule has 1 saturated carbocycles. The molecule has 1 aliphatic heterocycles. The highest BCUT2D eigenvalue weighted by atomic mass is 16.5. The molecule has 0 bridgehead atoms. The molecule has 0 radical (unpaired) electrons. The maximum absolute atomic E-state index is 12.0. The Morgan fingerprint density at radius 3 is 2.72 bits per heavy atom. The van der Waals surface area contributed by atoms with E-state index in [0.29, 0.717) is 18.6 Å². The molecular formula is C18H23N5O2. The molecule has 0 aromatic carbocycles. The number of aromatic nitrogens is 3. The number of hydrogen-bond donors (Lipinski definition) is 2. The summed E-state index contributed by atoms with van der Waals surface area (Å²) >= 11 is 0. The number of piperidine rings is 1. The van der Waals surface area contributed by atoms with Crippen LogP contribution in [0.15, 0.2) is 30.6 Å². The van der Waals surface area contributed by atoms with E-state index in [1.165, 1.54) is 0 Å². The first-order chi connectivity index (χ1) is 12.3. The minimum Gasteiger partial charge on any atom is -0.492 e. The van der Waals surface area contributed by atoms with Crippen LogP contribution in [0.2, 0.25) is 0 Å². The van der Waals surface area contributed by atoms with Crippen molar-refractivity contribution in [2.45, 2.75) is 31.7 Å². The zero-order valence-electron chi connectivity index (χ0n) is 14.1. The molecule has 0 spiro atoms. The second-order valence-corrected chi connectivity index (χ2v) is 6.81. The van der Waals surface area contributed by atoms with Crippen LogP contribution in [0.4, 0.5) is 4.79 Å². The average Bonchev–Trinajstić information content (AvgIpc) is 3.30. The number of likely N-dealkylation sites (tertiary alicyclic amines) is 1. The molecule has 2 aromatic rings. The third-order valence-electron chi connectivity index (χ3n) is 4.81. The lowest BCUT2D eigenvalue weighted by atomic mass is 9.98. The van der Waals surface area contributed by atoms with Crippen molar-refractivity contribution in [3.8, 4) is 17.1 Å². The molecule has 4 rings (SSSR count). The minimum atomic E-state index is 0.0977. The maximum atomic E-state index is 12.0. The van der Waals surface area contributed by atoms with Gasteiger partial charge in [0.25, 0.3) is 0 Å². The largest absolute Gasteiger partial charge is 0.492 e. The molecular weight excluding hydrogens is 318 g/mol. The van der Waals surface area contributed by atoms with Crippen molar-refractivity contribution in [1.82, 2.24) is 25.4 Å². The number of H-pyrrole nitrogens is 1. The Kier molecular flexibility index (Phi) is 4.54. The standard InChI is InChI=1S/C18H23N5O2/c24-18(21-14-1-2-14)23-9-6-13(7-10-23)12-25-15-3-4-16(19-11-15)17-5-8-20-22-17/h3-5,8,11,13-14H,1-2,6-7,9-10,12H2,(H,20,22)(H,21,24). The van der Waals surface area contributed by atoms with Crippen molar-refractivity contribution in [1.29, 1.82) is 0 Å². The van der Waals surface area contributed by atoms with E-state index in [-0.39, 0.29) is 6.03 Å². The topological polar surface area (TPSA) is 83.1 Å². The summed E-state index contributed by atoms with van der Waals surface area (Å²) in [5.41, 5.74) is 1.74. The van der Waals surface area contributed by atoms with E-state index in [1.807, 2.05) is 23.1 Å². The second kappa shape index (κ2) is 7.13. The number of urea groups is 1. The van der Waals surface area contributed by atoms with Crippen molar-refractivity contribution in [2.24, 2.45) is 5.92 Å². The number of amides is 2. The van der Waals surface area contributed by atoms with Gasteiger partial charge in [-0.25, -0.2) is 4.79 Å². The van der Waals surface area contributed by atoms with Crippen molar-refractivity contribution in [3.05, 3.63) is 30.6 Å². The predicted octanol–water partition coefficient (Wildman–Crippen LogP) is 2.43. The number of nitrogens with one attached hydrogen (secondary N) is 2. The number of aromatic amines is 1. The Labute approximate surface area is 146 Å². The van der Waals surface area contributed by atoms with Crippen molar-refractivity contribution in [2.75, 3.05) is 19.7 Å². The van der Waals surface area contributed by atoms with Crippen LogP contribution in [0.5, 0.6) is 5.75 Å². The number of pyridine rings is 1. The second-order valence-electron chi connectivity index (χ2n) is 6.81. The predicted molar refractivity (Wildman–Crippen MR) is 93.2 cm³/mol. The van der Waals surface area contributed by atoms with Crippen molar-refractivity contribution in [3.63, 3.8) is 0 Å². The zero-order chi connectivity index (χ0) is 17.1. The summed E-state index contributed by atoms with van der Waals surface area (Å²) in [5.74, 6) is 1.26. The quantitative estimate of drug-likeness (QED) is 0.875. The third-order valence-corrected chi connectivity index (χ3v) is 4.81. The molecule has 7 nitrogen and oxygen atoms in total. The first-order valence-corrected chi connectivity index (χ1v) is 8.92. The van der Waals surface area contributed by atoms with Gasteiger partial charge in [0.1, 0.15) is 5.75 Å². The van der Waals surface area contributed by atoms with Crippen LogP contribution < -0.4 is 10.1 Å². The summed E-state index contributed by atoms with van der Waals surface area (Å²) in [6, 6.07) is 6.26. The zero-order valence-corrected chi connectivity index (χ0v) is 14.1. The van der Waals surface area contributed by atoms with Crippen LogP contribution in [0.3, 0.4) is 0 Å². The van der Waals surface area contributed by atoms with E-state index in [1.54, 1.807) is 12.4 Å². The monoisotopic (exact) mass is 341 g/mol. The maximum Gasteiger partial charge on any atom is 0.317 e. The van der Waals surface area contributed by atoms with Crippen LogP contribution in [0, 0.1) is 5.92 Å². The highest BCUT2D eigenvalue weighted by Crippen LogP contribution is 2.23. The molecule has 2 fully saturated rings. The van der Waals surface area contributed by atoms with Crippen molar-refractivity contribution < 1.29 is 9.53 Å². The lowest BCUT2D eigenvalue weighted by molar-refractivity contribution is 0.145. The Hall–Kier alpha value is -2.57. The number of carbonyl (C=O) groups is 1. The molecule has 2 aliphatic rings. The van der Waals surface area contributed by atoms with Gasteiger partial charge in [-0.2, -0.15) is 5.10 Å². The number of carbonyl (C=O) groups excluding carboxylic acids is 1. The summed E-state index contributed by atoms with van der Waals surface area (Å²) in [5, 5.41) is 9.88. The molecule has 3 heterocycles. The smallest absolute Gasteiger partial charge is 0.317 e. The van der Waals surface area contributed by atoms with Gasteiger partial charge in [0.05, 0.1) is 24.2 Å². The van der Waals surface area contributed by atoms with Gasteiger partial charge in [0.15, 0.2) is 0 Å². The van der Waals surface area contributed by atoms with Gasteiger partial charge >= 0.3 is 6.03 Å². The third kappa shape index (κ3) is 4.10. The van der Waals surface area contributed by atoms with E-state index >= 15 is 0 Å². The van der Waals surface area contributed by atoms with Gasteiger partial charge in [0, 0.05) is 25.3 Å². The minimum absolute atomic E-state index is 0.0977.